The summed E-state index contributed by atoms with van der Waals surface area (Å²) in [4.78, 5) is 13.3. The largest absolute Gasteiger partial charge is 0.318 e. The first kappa shape index (κ1) is 11.6. The standard InChI is InChI=1S/C11H10N2O3S/c1-17(15,16)10-5-3-2-4-9(10)11(14)13-7-8(13)6-12/h2-5,8H,7H2,1H3. The summed E-state index contributed by atoms with van der Waals surface area (Å²) in [5, 5.41) is 8.64. The van der Waals surface area contributed by atoms with Gasteiger partial charge >= 0.3 is 0 Å². The van der Waals surface area contributed by atoms with Gasteiger partial charge in [-0.1, -0.05) is 12.1 Å². The number of carbonyl (C=O) groups is 1. The maximum atomic E-state index is 12.0. The van der Waals surface area contributed by atoms with Gasteiger partial charge in [-0.15, -0.1) is 0 Å². The van der Waals surface area contributed by atoms with E-state index in [0.717, 1.165) is 6.26 Å². The molecule has 17 heavy (non-hydrogen) atoms. The first-order valence-electron chi connectivity index (χ1n) is 4.95. The van der Waals surface area contributed by atoms with Crippen molar-refractivity contribution in [3.8, 4) is 6.07 Å². The lowest BCUT2D eigenvalue weighted by atomic mass is 10.2. The van der Waals surface area contributed by atoms with Gasteiger partial charge in [0.15, 0.2) is 9.84 Å². The number of nitriles is 1. The Morgan fingerprint density at radius 3 is 2.65 bits per heavy atom. The van der Waals surface area contributed by atoms with Crippen LogP contribution in [0.3, 0.4) is 0 Å². The van der Waals surface area contributed by atoms with Crippen LogP contribution in [0.15, 0.2) is 29.2 Å². The molecule has 0 spiro atoms. The summed E-state index contributed by atoms with van der Waals surface area (Å²) in [5.41, 5.74) is 0.132. The minimum Gasteiger partial charge on any atom is -0.318 e. The molecule has 1 unspecified atom stereocenters. The van der Waals surface area contributed by atoms with Gasteiger partial charge in [0.1, 0.15) is 6.04 Å². The zero-order chi connectivity index (χ0) is 12.6. The Balaban J connectivity index is 2.41. The van der Waals surface area contributed by atoms with Crippen molar-refractivity contribution >= 4 is 15.7 Å². The van der Waals surface area contributed by atoms with Gasteiger partial charge in [-0.05, 0) is 12.1 Å². The third kappa shape index (κ3) is 2.15. The normalized spacial score (nSPS) is 18.6. The minimum absolute atomic E-state index is 0.00795. The van der Waals surface area contributed by atoms with Gasteiger partial charge in [0.05, 0.1) is 23.1 Å². The number of carbonyl (C=O) groups excluding carboxylic acids is 1. The number of hydrogen-bond acceptors (Lipinski definition) is 4. The maximum absolute atomic E-state index is 12.0. The Bertz CT molecular complexity index is 616. The van der Waals surface area contributed by atoms with E-state index < -0.39 is 21.8 Å². The van der Waals surface area contributed by atoms with Gasteiger partial charge in [0, 0.05) is 6.26 Å². The van der Waals surface area contributed by atoms with Crippen molar-refractivity contribution in [3.63, 3.8) is 0 Å². The fraction of sp³-hybridized carbons (Fsp3) is 0.273. The molecule has 1 atom stereocenters. The molecule has 2 rings (SSSR count). The summed E-state index contributed by atoms with van der Waals surface area (Å²) in [7, 11) is -3.44. The zero-order valence-electron chi connectivity index (χ0n) is 9.12. The van der Waals surface area contributed by atoms with E-state index >= 15 is 0 Å². The van der Waals surface area contributed by atoms with Crippen LogP contribution in [0.1, 0.15) is 10.4 Å². The molecule has 5 nitrogen and oxygen atoms in total. The Kier molecular flexibility index (Phi) is 2.63. The highest BCUT2D eigenvalue weighted by molar-refractivity contribution is 7.90. The molecule has 1 saturated heterocycles. The van der Waals surface area contributed by atoms with Crippen LogP contribution in [0.5, 0.6) is 0 Å². The predicted molar refractivity (Wildman–Crippen MR) is 60.0 cm³/mol. The van der Waals surface area contributed by atoms with E-state index in [4.69, 9.17) is 5.26 Å². The minimum atomic E-state index is -3.44. The second kappa shape index (κ2) is 3.86. The second-order valence-corrected chi connectivity index (χ2v) is 5.85. The summed E-state index contributed by atoms with van der Waals surface area (Å²) in [6.45, 7) is 0.368. The molecule has 0 aliphatic carbocycles. The monoisotopic (exact) mass is 250 g/mol. The van der Waals surface area contributed by atoms with Crippen molar-refractivity contribution in [1.82, 2.24) is 4.90 Å². The first-order valence-corrected chi connectivity index (χ1v) is 6.84. The highest BCUT2D eigenvalue weighted by Crippen LogP contribution is 2.24. The van der Waals surface area contributed by atoms with Gasteiger partial charge in [-0.25, -0.2) is 8.42 Å². The first-order chi connectivity index (χ1) is 7.95. The van der Waals surface area contributed by atoms with Gasteiger partial charge in [0.25, 0.3) is 5.91 Å². The average Bonchev–Trinajstić information content (AvgIpc) is 3.06. The third-order valence-electron chi connectivity index (χ3n) is 2.54. The summed E-state index contributed by atoms with van der Waals surface area (Å²) in [6, 6.07) is 7.56. The molecule has 6 heteroatoms. The number of sulfone groups is 1. The van der Waals surface area contributed by atoms with E-state index in [1.165, 1.54) is 17.0 Å². The van der Waals surface area contributed by atoms with Crippen molar-refractivity contribution < 1.29 is 13.2 Å². The van der Waals surface area contributed by atoms with E-state index in [2.05, 4.69) is 0 Å². The predicted octanol–water partition coefficient (Wildman–Crippen LogP) is 0.438. The van der Waals surface area contributed by atoms with Gasteiger partial charge in [-0.3, -0.25) is 4.79 Å². The maximum Gasteiger partial charge on any atom is 0.256 e. The van der Waals surface area contributed by atoms with Crippen LogP contribution < -0.4 is 0 Å². The van der Waals surface area contributed by atoms with Crippen molar-refractivity contribution in [2.45, 2.75) is 10.9 Å². The molecule has 1 aromatic rings. The SMILES string of the molecule is CS(=O)(=O)c1ccccc1C(=O)N1CC1C#N. The molecule has 1 aromatic carbocycles. The molecule has 1 fully saturated rings. The van der Waals surface area contributed by atoms with Crippen LogP contribution in [0.4, 0.5) is 0 Å². The quantitative estimate of drug-likeness (QED) is 0.713. The van der Waals surface area contributed by atoms with Crippen LogP contribution in [0, 0.1) is 11.3 Å². The van der Waals surface area contributed by atoms with E-state index in [1.54, 1.807) is 12.1 Å². The van der Waals surface area contributed by atoms with E-state index in [9.17, 15) is 13.2 Å². The van der Waals surface area contributed by atoms with Crippen molar-refractivity contribution in [3.05, 3.63) is 29.8 Å². The number of rotatable bonds is 2. The van der Waals surface area contributed by atoms with Crippen LogP contribution in [0.25, 0.3) is 0 Å². The second-order valence-electron chi connectivity index (χ2n) is 3.87. The average molecular weight is 250 g/mol. The number of hydrogen-bond donors (Lipinski definition) is 0. The summed E-state index contributed by atoms with van der Waals surface area (Å²) in [5.74, 6) is -0.405. The van der Waals surface area contributed by atoms with E-state index in [-0.39, 0.29) is 10.5 Å². The molecule has 0 bridgehead atoms. The number of amides is 1. The molecule has 1 aliphatic heterocycles. The van der Waals surface area contributed by atoms with Crippen LogP contribution in [0.2, 0.25) is 0 Å². The number of nitrogens with zero attached hydrogens (tertiary/aromatic N) is 2. The summed E-state index contributed by atoms with van der Waals surface area (Å²) >= 11 is 0. The Hall–Kier alpha value is -1.87. The van der Waals surface area contributed by atoms with Crippen LogP contribution in [-0.4, -0.2) is 38.1 Å². The van der Waals surface area contributed by atoms with Gasteiger partial charge in [0.2, 0.25) is 0 Å². The highest BCUT2D eigenvalue weighted by Gasteiger charge is 2.40. The zero-order valence-corrected chi connectivity index (χ0v) is 9.94. The van der Waals surface area contributed by atoms with E-state index in [0.29, 0.717) is 6.54 Å². The summed E-state index contributed by atoms with van der Waals surface area (Å²) in [6.07, 6.45) is 1.06. The lowest BCUT2D eigenvalue weighted by Gasteiger charge is -2.07. The van der Waals surface area contributed by atoms with Gasteiger partial charge in [-0.2, -0.15) is 5.26 Å². The van der Waals surface area contributed by atoms with Crippen molar-refractivity contribution in [2.75, 3.05) is 12.8 Å². The topological polar surface area (TPSA) is 78.0 Å². The molecule has 0 N–H and O–H groups in total. The van der Waals surface area contributed by atoms with Crippen molar-refractivity contribution in [2.24, 2.45) is 0 Å². The Morgan fingerprint density at radius 1 is 1.47 bits per heavy atom. The lowest BCUT2D eigenvalue weighted by Crippen LogP contribution is -2.16. The fourth-order valence-corrected chi connectivity index (χ4v) is 2.48. The molecule has 1 heterocycles. The highest BCUT2D eigenvalue weighted by atomic mass is 32.2. The van der Waals surface area contributed by atoms with Crippen molar-refractivity contribution in [1.29, 1.82) is 5.26 Å². The van der Waals surface area contributed by atoms with Crippen LogP contribution in [-0.2, 0) is 9.84 Å². The molecule has 1 amide bonds. The number of benzene rings is 1. The fourth-order valence-electron chi connectivity index (χ4n) is 1.60. The molecule has 88 valence electrons. The molecular formula is C11H10N2O3S. The molecule has 0 aromatic heterocycles. The molecule has 1 aliphatic rings. The van der Waals surface area contributed by atoms with E-state index in [1.807, 2.05) is 6.07 Å². The Morgan fingerprint density at radius 2 is 2.12 bits per heavy atom. The smallest absolute Gasteiger partial charge is 0.256 e. The Labute approximate surface area is 99.2 Å². The molecule has 0 saturated carbocycles. The molecular weight excluding hydrogens is 240 g/mol. The van der Waals surface area contributed by atoms with Gasteiger partial charge < -0.3 is 4.90 Å². The molecule has 0 radical (unpaired) electrons. The lowest BCUT2D eigenvalue weighted by molar-refractivity contribution is 0.0876. The summed E-state index contributed by atoms with van der Waals surface area (Å²) < 4.78 is 23.0. The van der Waals surface area contributed by atoms with Crippen LogP contribution >= 0.6 is 0 Å². The third-order valence-corrected chi connectivity index (χ3v) is 3.69.